The zero-order valence-corrected chi connectivity index (χ0v) is 12.0. The zero-order valence-electron chi connectivity index (χ0n) is 12.0. The van der Waals surface area contributed by atoms with Crippen LogP contribution in [0.1, 0.15) is 37.2 Å². The van der Waals surface area contributed by atoms with Gasteiger partial charge in [-0.2, -0.15) is 0 Å². The Morgan fingerprint density at radius 2 is 2.00 bits per heavy atom. The second-order valence-electron chi connectivity index (χ2n) is 5.01. The van der Waals surface area contributed by atoms with Crippen LogP contribution in [0.15, 0.2) is 30.3 Å². The first kappa shape index (κ1) is 14.3. The van der Waals surface area contributed by atoms with Gasteiger partial charge in [0.2, 0.25) is 0 Å². The summed E-state index contributed by atoms with van der Waals surface area (Å²) < 4.78 is 0. The first-order chi connectivity index (χ1) is 9.65. The quantitative estimate of drug-likeness (QED) is 0.878. The average Bonchev–Trinajstić information content (AvgIpc) is 2.48. The molecule has 0 saturated carbocycles. The number of hydrogen-bond acceptors (Lipinski definition) is 3. The highest BCUT2D eigenvalue weighted by molar-refractivity contribution is 5.99. The van der Waals surface area contributed by atoms with Crippen LogP contribution in [0.25, 0.3) is 10.9 Å². The summed E-state index contributed by atoms with van der Waals surface area (Å²) in [5, 5.41) is 3.81. The first-order valence-corrected chi connectivity index (χ1v) is 7.09. The van der Waals surface area contributed by atoms with Gasteiger partial charge in [-0.15, -0.1) is 0 Å². The molecule has 0 spiro atoms. The monoisotopic (exact) mass is 271 g/mol. The van der Waals surface area contributed by atoms with E-state index in [1.807, 2.05) is 24.3 Å². The molecule has 0 aliphatic rings. The molecule has 0 bridgehead atoms. The minimum absolute atomic E-state index is 0.158. The van der Waals surface area contributed by atoms with E-state index in [9.17, 15) is 4.79 Å². The third-order valence-corrected chi connectivity index (χ3v) is 3.69. The lowest BCUT2D eigenvalue weighted by Crippen LogP contribution is -2.29. The van der Waals surface area contributed by atoms with Crippen molar-refractivity contribution >= 4 is 22.5 Å². The van der Waals surface area contributed by atoms with Gasteiger partial charge in [0.15, 0.2) is 0 Å². The molecule has 1 amide bonds. The number of nitrogens with two attached hydrogens (primary N) is 1. The van der Waals surface area contributed by atoms with E-state index in [1.54, 1.807) is 6.07 Å². The summed E-state index contributed by atoms with van der Waals surface area (Å²) in [7, 11) is 0. The number of fused-ring (bicyclic) bond motifs is 1. The number of hydrogen-bond donors (Lipinski definition) is 2. The fraction of sp³-hybridized carbons (Fsp3) is 0.375. The van der Waals surface area contributed by atoms with E-state index in [0.29, 0.717) is 23.8 Å². The SMILES string of the molecule is CCC(CC)CNC(=O)c1cc(N)c2ccccc2n1. The van der Waals surface area contributed by atoms with Crippen molar-refractivity contribution in [1.29, 1.82) is 0 Å². The molecule has 3 N–H and O–H groups in total. The van der Waals surface area contributed by atoms with Gasteiger partial charge in [-0.1, -0.05) is 44.9 Å². The number of nitrogen functional groups attached to an aromatic ring is 1. The van der Waals surface area contributed by atoms with E-state index in [1.165, 1.54) is 0 Å². The van der Waals surface area contributed by atoms with E-state index < -0.39 is 0 Å². The molecule has 1 aromatic carbocycles. The van der Waals surface area contributed by atoms with Crippen LogP contribution in [-0.4, -0.2) is 17.4 Å². The molecule has 4 nitrogen and oxygen atoms in total. The minimum Gasteiger partial charge on any atom is -0.398 e. The molecule has 0 fully saturated rings. The number of amides is 1. The zero-order chi connectivity index (χ0) is 14.5. The van der Waals surface area contributed by atoms with Crippen LogP contribution in [0.4, 0.5) is 5.69 Å². The van der Waals surface area contributed by atoms with Crippen LogP contribution in [0, 0.1) is 5.92 Å². The summed E-state index contributed by atoms with van der Waals surface area (Å²) >= 11 is 0. The molecule has 0 atom stereocenters. The standard InChI is InChI=1S/C16H21N3O/c1-3-11(4-2)10-18-16(20)15-9-13(17)12-7-5-6-8-14(12)19-15/h5-9,11H,3-4,10H2,1-2H3,(H2,17,19)(H,18,20). The van der Waals surface area contributed by atoms with Crippen molar-refractivity contribution in [1.82, 2.24) is 10.3 Å². The first-order valence-electron chi connectivity index (χ1n) is 7.09. The van der Waals surface area contributed by atoms with Crippen molar-refractivity contribution in [2.45, 2.75) is 26.7 Å². The highest BCUT2D eigenvalue weighted by atomic mass is 16.1. The minimum atomic E-state index is -0.158. The fourth-order valence-corrected chi connectivity index (χ4v) is 2.22. The van der Waals surface area contributed by atoms with Gasteiger partial charge in [-0.3, -0.25) is 4.79 Å². The number of rotatable bonds is 5. The molecule has 1 heterocycles. The molecule has 2 aromatic rings. The molecule has 1 aromatic heterocycles. The summed E-state index contributed by atoms with van der Waals surface area (Å²) in [5.74, 6) is 0.353. The second-order valence-corrected chi connectivity index (χ2v) is 5.01. The number of pyridine rings is 1. The molecule has 2 rings (SSSR count). The number of nitrogens with zero attached hydrogens (tertiary/aromatic N) is 1. The molecule has 4 heteroatoms. The van der Waals surface area contributed by atoms with Gasteiger partial charge in [-0.25, -0.2) is 4.98 Å². The predicted molar refractivity (Wildman–Crippen MR) is 82.6 cm³/mol. The number of aromatic nitrogens is 1. The molecule has 20 heavy (non-hydrogen) atoms. The molecule has 0 saturated heterocycles. The van der Waals surface area contributed by atoms with Gasteiger partial charge in [0.1, 0.15) is 5.69 Å². The van der Waals surface area contributed by atoms with E-state index in [0.717, 1.165) is 23.7 Å². The normalized spacial score (nSPS) is 10.9. The van der Waals surface area contributed by atoms with Crippen molar-refractivity contribution in [2.24, 2.45) is 5.92 Å². The largest absolute Gasteiger partial charge is 0.398 e. The Labute approximate surface area is 119 Å². The summed E-state index contributed by atoms with van der Waals surface area (Å²) in [6.45, 7) is 4.94. The molecule has 0 unspecified atom stereocenters. The maximum atomic E-state index is 12.1. The molecular weight excluding hydrogens is 250 g/mol. The third kappa shape index (κ3) is 3.07. The van der Waals surface area contributed by atoms with Gasteiger partial charge in [0.25, 0.3) is 5.91 Å². The highest BCUT2D eigenvalue weighted by Gasteiger charge is 2.12. The summed E-state index contributed by atoms with van der Waals surface area (Å²) in [6.07, 6.45) is 2.12. The number of benzene rings is 1. The van der Waals surface area contributed by atoms with E-state index in [2.05, 4.69) is 24.1 Å². The number of carbonyl (C=O) groups is 1. The predicted octanol–water partition coefficient (Wildman–Crippen LogP) is 2.98. The van der Waals surface area contributed by atoms with Crippen LogP contribution < -0.4 is 11.1 Å². The lowest BCUT2D eigenvalue weighted by molar-refractivity contribution is 0.0942. The average molecular weight is 271 g/mol. The smallest absolute Gasteiger partial charge is 0.269 e. The Kier molecular flexibility index (Phi) is 4.56. The van der Waals surface area contributed by atoms with Crippen LogP contribution in [0.2, 0.25) is 0 Å². The Morgan fingerprint density at radius 3 is 2.70 bits per heavy atom. The highest BCUT2D eigenvalue weighted by Crippen LogP contribution is 2.20. The summed E-state index contributed by atoms with van der Waals surface area (Å²) in [4.78, 5) is 16.5. The Morgan fingerprint density at radius 1 is 1.30 bits per heavy atom. The molecular formula is C16H21N3O. The third-order valence-electron chi connectivity index (χ3n) is 3.69. The van der Waals surface area contributed by atoms with E-state index in [-0.39, 0.29) is 5.91 Å². The number of nitrogens with one attached hydrogen (secondary N) is 1. The fourth-order valence-electron chi connectivity index (χ4n) is 2.22. The van der Waals surface area contributed by atoms with E-state index >= 15 is 0 Å². The number of anilines is 1. The second kappa shape index (κ2) is 6.37. The topological polar surface area (TPSA) is 68.0 Å². The van der Waals surface area contributed by atoms with Crippen LogP contribution in [0.5, 0.6) is 0 Å². The van der Waals surface area contributed by atoms with Crippen LogP contribution in [-0.2, 0) is 0 Å². The Hall–Kier alpha value is -2.10. The Balaban J connectivity index is 2.18. The molecule has 0 radical (unpaired) electrons. The van der Waals surface area contributed by atoms with Crippen molar-refractivity contribution in [3.8, 4) is 0 Å². The van der Waals surface area contributed by atoms with Gasteiger partial charge in [-0.05, 0) is 18.1 Å². The Bertz CT molecular complexity index is 606. The van der Waals surface area contributed by atoms with Gasteiger partial charge in [0.05, 0.1) is 5.52 Å². The van der Waals surface area contributed by atoms with E-state index in [4.69, 9.17) is 5.73 Å². The summed E-state index contributed by atoms with van der Waals surface area (Å²) in [6, 6.07) is 9.21. The van der Waals surface area contributed by atoms with Crippen LogP contribution in [0.3, 0.4) is 0 Å². The van der Waals surface area contributed by atoms with Crippen molar-refractivity contribution in [3.05, 3.63) is 36.0 Å². The molecule has 0 aliphatic carbocycles. The van der Waals surface area contributed by atoms with Crippen molar-refractivity contribution in [3.63, 3.8) is 0 Å². The van der Waals surface area contributed by atoms with Crippen LogP contribution >= 0.6 is 0 Å². The maximum Gasteiger partial charge on any atom is 0.269 e. The molecule has 106 valence electrons. The lowest BCUT2D eigenvalue weighted by atomic mass is 10.0. The van der Waals surface area contributed by atoms with Gasteiger partial charge >= 0.3 is 0 Å². The number of carbonyl (C=O) groups excluding carboxylic acids is 1. The lowest BCUT2D eigenvalue weighted by Gasteiger charge is -2.13. The maximum absolute atomic E-state index is 12.1. The summed E-state index contributed by atoms with van der Waals surface area (Å²) in [5.41, 5.74) is 7.70. The van der Waals surface area contributed by atoms with Crippen molar-refractivity contribution in [2.75, 3.05) is 12.3 Å². The van der Waals surface area contributed by atoms with Gasteiger partial charge in [0, 0.05) is 17.6 Å². The number of para-hydroxylation sites is 1. The van der Waals surface area contributed by atoms with Gasteiger partial charge < -0.3 is 11.1 Å². The van der Waals surface area contributed by atoms with Crippen molar-refractivity contribution < 1.29 is 4.79 Å². The molecule has 0 aliphatic heterocycles.